The minimum atomic E-state index is 0.645. The molecule has 6 heteroatoms. The van der Waals surface area contributed by atoms with E-state index in [0.29, 0.717) is 16.5 Å². The lowest BCUT2D eigenvalue weighted by atomic mass is 10.2. The quantitative estimate of drug-likeness (QED) is 0.527. The predicted molar refractivity (Wildman–Crippen MR) is 79.7 cm³/mol. The van der Waals surface area contributed by atoms with Crippen molar-refractivity contribution in [2.24, 2.45) is 0 Å². The molecule has 0 aliphatic carbocycles. The van der Waals surface area contributed by atoms with Crippen LogP contribution in [0.15, 0.2) is 42.5 Å². The van der Waals surface area contributed by atoms with Gasteiger partial charge in [0.25, 0.3) is 0 Å². The monoisotopic (exact) mass is 283 g/mol. The molecular formula is C14H10ClN5. The topological polar surface area (TPSA) is 72.0 Å². The van der Waals surface area contributed by atoms with Gasteiger partial charge in [0.2, 0.25) is 5.78 Å². The van der Waals surface area contributed by atoms with Gasteiger partial charge in [-0.3, -0.25) is 4.40 Å². The minimum absolute atomic E-state index is 0.645. The molecule has 0 bridgehead atoms. The van der Waals surface area contributed by atoms with Gasteiger partial charge in [0, 0.05) is 11.3 Å². The van der Waals surface area contributed by atoms with Crippen LogP contribution < -0.4 is 5.73 Å². The van der Waals surface area contributed by atoms with Gasteiger partial charge in [-0.05, 0) is 30.3 Å². The van der Waals surface area contributed by atoms with Gasteiger partial charge in [-0.2, -0.15) is 5.10 Å². The number of nitrogen functional groups attached to an aromatic ring is 1. The highest BCUT2D eigenvalue weighted by Gasteiger charge is 2.15. The summed E-state index contributed by atoms with van der Waals surface area (Å²) in [6.45, 7) is 0. The summed E-state index contributed by atoms with van der Waals surface area (Å²) >= 11 is 6.25. The Morgan fingerprint density at radius 2 is 2.00 bits per heavy atom. The number of rotatable bonds is 1. The molecule has 98 valence electrons. The number of halogens is 1. The van der Waals surface area contributed by atoms with E-state index in [2.05, 4.69) is 15.2 Å². The maximum absolute atomic E-state index is 6.25. The molecule has 0 radical (unpaired) electrons. The number of nitrogens with one attached hydrogen (secondary N) is 1. The molecule has 3 N–H and O–H groups in total. The van der Waals surface area contributed by atoms with Gasteiger partial charge in [0.1, 0.15) is 0 Å². The van der Waals surface area contributed by atoms with E-state index in [1.54, 1.807) is 0 Å². The molecule has 4 rings (SSSR count). The zero-order valence-electron chi connectivity index (χ0n) is 10.3. The smallest absolute Gasteiger partial charge is 0.230 e. The first kappa shape index (κ1) is 11.3. The van der Waals surface area contributed by atoms with Crippen LogP contribution in [0.5, 0.6) is 0 Å². The van der Waals surface area contributed by atoms with Gasteiger partial charge < -0.3 is 5.73 Å². The summed E-state index contributed by atoms with van der Waals surface area (Å²) in [5.74, 6) is 1.39. The van der Waals surface area contributed by atoms with Crippen molar-refractivity contribution in [1.82, 2.24) is 19.6 Å². The highest BCUT2D eigenvalue weighted by Crippen LogP contribution is 2.29. The third-order valence-electron chi connectivity index (χ3n) is 3.27. The summed E-state index contributed by atoms with van der Waals surface area (Å²) in [5, 5.41) is 7.89. The Morgan fingerprint density at radius 1 is 1.15 bits per heavy atom. The van der Waals surface area contributed by atoms with Crippen LogP contribution in [-0.2, 0) is 0 Å². The Morgan fingerprint density at radius 3 is 2.85 bits per heavy atom. The van der Waals surface area contributed by atoms with E-state index in [1.807, 2.05) is 46.9 Å². The molecule has 0 fully saturated rings. The standard InChI is InChI=1S/C14H10ClN5/c15-10-4-2-1-3-9(10)13-18-19-14-17-11-6-5-8(16)7-12(11)20(13)14/h1-7H,16H2,(H,17,19). The molecule has 0 saturated carbocycles. The molecule has 0 spiro atoms. The molecule has 2 aromatic carbocycles. The van der Waals surface area contributed by atoms with Gasteiger partial charge in [0.05, 0.1) is 16.1 Å². The number of fused-ring (bicyclic) bond motifs is 3. The maximum Gasteiger partial charge on any atom is 0.230 e. The fourth-order valence-electron chi connectivity index (χ4n) is 2.36. The molecule has 5 nitrogen and oxygen atoms in total. The number of hydrogen-bond donors (Lipinski definition) is 2. The van der Waals surface area contributed by atoms with Gasteiger partial charge in [0.15, 0.2) is 5.82 Å². The minimum Gasteiger partial charge on any atom is -0.399 e. The molecule has 2 aromatic heterocycles. The molecule has 0 unspecified atom stereocenters. The lowest BCUT2D eigenvalue weighted by molar-refractivity contribution is 1.10. The lowest BCUT2D eigenvalue weighted by Gasteiger charge is -2.02. The maximum atomic E-state index is 6.25. The number of anilines is 1. The molecular weight excluding hydrogens is 274 g/mol. The van der Waals surface area contributed by atoms with E-state index in [-0.39, 0.29) is 0 Å². The Bertz CT molecular complexity index is 937. The summed E-state index contributed by atoms with van der Waals surface area (Å²) in [7, 11) is 0. The molecule has 0 amide bonds. The normalized spacial score (nSPS) is 11.4. The van der Waals surface area contributed by atoms with Crippen molar-refractivity contribution < 1.29 is 0 Å². The Hall–Kier alpha value is -2.53. The Kier molecular flexibility index (Phi) is 2.25. The predicted octanol–water partition coefficient (Wildman–Crippen LogP) is 3.11. The summed E-state index contributed by atoms with van der Waals surface area (Å²) in [6.07, 6.45) is 0. The van der Waals surface area contributed by atoms with Crippen molar-refractivity contribution in [3.05, 3.63) is 47.5 Å². The zero-order valence-corrected chi connectivity index (χ0v) is 11.1. The van der Waals surface area contributed by atoms with Crippen LogP contribution in [0.25, 0.3) is 28.2 Å². The second-order valence-corrected chi connectivity index (χ2v) is 4.95. The zero-order chi connectivity index (χ0) is 13.7. The van der Waals surface area contributed by atoms with Crippen molar-refractivity contribution in [2.45, 2.75) is 0 Å². The highest BCUT2D eigenvalue weighted by atomic mass is 35.5. The van der Waals surface area contributed by atoms with Crippen LogP contribution in [0.1, 0.15) is 0 Å². The molecule has 20 heavy (non-hydrogen) atoms. The molecule has 4 aromatic rings. The van der Waals surface area contributed by atoms with Crippen molar-refractivity contribution in [3.63, 3.8) is 0 Å². The number of nitrogens with two attached hydrogens (primary N) is 1. The van der Waals surface area contributed by atoms with Crippen molar-refractivity contribution in [2.75, 3.05) is 5.73 Å². The molecule has 0 aliphatic heterocycles. The van der Waals surface area contributed by atoms with Crippen LogP contribution in [0.2, 0.25) is 5.02 Å². The van der Waals surface area contributed by atoms with E-state index in [0.717, 1.165) is 22.4 Å². The second kappa shape index (κ2) is 3.98. The van der Waals surface area contributed by atoms with Gasteiger partial charge >= 0.3 is 0 Å². The SMILES string of the molecule is Nc1ccc2nc3[nH]nc(-c4ccccc4Cl)n3c2c1. The average Bonchev–Trinajstić information content (AvgIpc) is 2.99. The molecule has 0 aliphatic rings. The summed E-state index contributed by atoms with van der Waals surface area (Å²) in [6, 6.07) is 13.2. The van der Waals surface area contributed by atoms with E-state index in [1.165, 1.54) is 0 Å². The first-order chi connectivity index (χ1) is 9.74. The first-order valence-corrected chi connectivity index (χ1v) is 6.49. The van der Waals surface area contributed by atoms with Crippen molar-refractivity contribution in [3.8, 4) is 11.4 Å². The lowest BCUT2D eigenvalue weighted by Crippen LogP contribution is -1.90. The largest absolute Gasteiger partial charge is 0.399 e. The number of nitrogens with zero attached hydrogens (tertiary/aromatic N) is 3. The van der Waals surface area contributed by atoms with E-state index >= 15 is 0 Å². The average molecular weight is 284 g/mol. The molecule has 0 atom stereocenters. The third kappa shape index (κ3) is 1.50. The van der Waals surface area contributed by atoms with Crippen LogP contribution >= 0.6 is 11.6 Å². The number of hydrogen-bond acceptors (Lipinski definition) is 3. The van der Waals surface area contributed by atoms with Crippen LogP contribution in [0.4, 0.5) is 5.69 Å². The summed E-state index contributed by atoms with van der Waals surface area (Å²) < 4.78 is 1.92. The number of H-pyrrole nitrogens is 1. The van der Waals surface area contributed by atoms with Gasteiger partial charge in [-0.1, -0.05) is 23.7 Å². The van der Waals surface area contributed by atoms with Gasteiger partial charge in [-0.15, -0.1) is 0 Å². The Balaban J connectivity index is 2.13. The Labute approximate surface area is 119 Å². The highest BCUT2D eigenvalue weighted by molar-refractivity contribution is 6.33. The first-order valence-electron chi connectivity index (χ1n) is 6.11. The number of aromatic amines is 1. The second-order valence-electron chi connectivity index (χ2n) is 4.55. The van der Waals surface area contributed by atoms with Crippen LogP contribution in [-0.4, -0.2) is 19.6 Å². The summed E-state index contributed by atoms with van der Waals surface area (Å²) in [5.41, 5.74) is 9.17. The number of benzene rings is 2. The van der Waals surface area contributed by atoms with Gasteiger partial charge in [-0.25, -0.2) is 10.1 Å². The van der Waals surface area contributed by atoms with Crippen LogP contribution in [0.3, 0.4) is 0 Å². The molecule has 2 heterocycles. The van der Waals surface area contributed by atoms with Crippen LogP contribution in [0, 0.1) is 0 Å². The number of imidazole rings is 1. The van der Waals surface area contributed by atoms with E-state index in [9.17, 15) is 0 Å². The fraction of sp³-hybridized carbons (Fsp3) is 0. The van der Waals surface area contributed by atoms with Crippen molar-refractivity contribution >= 4 is 34.1 Å². The molecule has 0 saturated heterocycles. The van der Waals surface area contributed by atoms with E-state index < -0.39 is 0 Å². The number of aromatic nitrogens is 4. The third-order valence-corrected chi connectivity index (χ3v) is 3.60. The van der Waals surface area contributed by atoms with Crippen molar-refractivity contribution in [1.29, 1.82) is 0 Å². The van der Waals surface area contributed by atoms with E-state index in [4.69, 9.17) is 17.3 Å². The fourth-order valence-corrected chi connectivity index (χ4v) is 2.58. The summed E-state index contributed by atoms with van der Waals surface area (Å²) in [4.78, 5) is 4.48.